The third kappa shape index (κ3) is 3.60. The van der Waals surface area contributed by atoms with Crippen molar-refractivity contribution in [3.8, 4) is 0 Å². The van der Waals surface area contributed by atoms with Gasteiger partial charge in [-0.15, -0.1) is 0 Å². The second-order valence-electron chi connectivity index (χ2n) is 2.57. The van der Waals surface area contributed by atoms with Gasteiger partial charge in [0.2, 0.25) is 5.90 Å². The molecule has 0 saturated heterocycles. The summed E-state index contributed by atoms with van der Waals surface area (Å²) in [6, 6.07) is 9.86. The highest BCUT2D eigenvalue weighted by molar-refractivity contribution is 5.72. The highest BCUT2D eigenvalue weighted by Gasteiger charge is 1.90. The first-order valence-corrected chi connectivity index (χ1v) is 4.07. The molecule has 1 aromatic carbocycles. The van der Waals surface area contributed by atoms with Crippen LogP contribution in [-0.4, -0.2) is 13.0 Å². The fourth-order valence-corrected chi connectivity index (χ4v) is 0.809. The number of benzene rings is 1. The van der Waals surface area contributed by atoms with Crippen molar-refractivity contribution in [2.45, 2.75) is 13.5 Å². The SMILES string of the molecule is CO/C(C)=N\OCc1ccccc1. The minimum atomic E-state index is 0.474. The molecule has 0 heterocycles. The van der Waals surface area contributed by atoms with Crippen molar-refractivity contribution in [3.05, 3.63) is 35.9 Å². The number of ether oxygens (including phenoxy) is 1. The Kier molecular flexibility index (Phi) is 3.82. The van der Waals surface area contributed by atoms with Crippen molar-refractivity contribution >= 4 is 5.90 Å². The molecule has 3 heteroatoms. The van der Waals surface area contributed by atoms with Crippen LogP contribution in [0.15, 0.2) is 35.5 Å². The third-order valence-corrected chi connectivity index (χ3v) is 1.56. The van der Waals surface area contributed by atoms with Crippen LogP contribution in [0.4, 0.5) is 0 Å². The zero-order chi connectivity index (χ0) is 9.52. The van der Waals surface area contributed by atoms with Gasteiger partial charge in [0.1, 0.15) is 6.61 Å². The van der Waals surface area contributed by atoms with Gasteiger partial charge in [0.05, 0.1) is 7.11 Å². The molecule has 13 heavy (non-hydrogen) atoms. The maximum absolute atomic E-state index is 5.04. The first-order chi connectivity index (χ1) is 6.33. The topological polar surface area (TPSA) is 30.8 Å². The molecule has 0 spiro atoms. The molecule has 1 aromatic rings. The second-order valence-corrected chi connectivity index (χ2v) is 2.57. The van der Waals surface area contributed by atoms with Crippen molar-refractivity contribution in [2.24, 2.45) is 5.16 Å². The average molecular weight is 179 g/mol. The van der Waals surface area contributed by atoms with E-state index in [0.717, 1.165) is 5.56 Å². The second kappa shape index (κ2) is 5.19. The largest absolute Gasteiger partial charge is 0.482 e. The molecular weight excluding hydrogens is 166 g/mol. The molecule has 0 atom stereocenters. The Morgan fingerprint density at radius 3 is 2.62 bits per heavy atom. The summed E-state index contributed by atoms with van der Waals surface area (Å²) in [7, 11) is 1.56. The zero-order valence-corrected chi connectivity index (χ0v) is 7.86. The van der Waals surface area contributed by atoms with Gasteiger partial charge in [-0.3, -0.25) is 0 Å². The monoisotopic (exact) mass is 179 g/mol. The summed E-state index contributed by atoms with van der Waals surface area (Å²) < 4.78 is 4.81. The lowest BCUT2D eigenvalue weighted by Crippen LogP contribution is -1.95. The van der Waals surface area contributed by atoms with Gasteiger partial charge in [0, 0.05) is 6.92 Å². The Labute approximate surface area is 78.0 Å². The first kappa shape index (κ1) is 9.58. The van der Waals surface area contributed by atoms with Gasteiger partial charge < -0.3 is 9.57 Å². The standard InChI is InChI=1S/C10H13NO2/c1-9(12-2)11-13-8-10-6-4-3-5-7-10/h3-7H,8H2,1-2H3/b11-9-. The smallest absolute Gasteiger partial charge is 0.222 e. The highest BCUT2D eigenvalue weighted by atomic mass is 16.6. The average Bonchev–Trinajstić information content (AvgIpc) is 2.19. The van der Waals surface area contributed by atoms with Crippen molar-refractivity contribution < 1.29 is 9.57 Å². The Bertz CT molecular complexity index is 270. The lowest BCUT2D eigenvalue weighted by atomic mass is 10.2. The van der Waals surface area contributed by atoms with Crippen LogP contribution in [0.2, 0.25) is 0 Å². The van der Waals surface area contributed by atoms with E-state index in [1.807, 2.05) is 30.3 Å². The summed E-state index contributed by atoms with van der Waals surface area (Å²) >= 11 is 0. The molecule has 0 radical (unpaired) electrons. The molecule has 0 amide bonds. The number of hydrogen-bond donors (Lipinski definition) is 0. The summed E-state index contributed by atoms with van der Waals surface area (Å²) in [6.07, 6.45) is 0. The van der Waals surface area contributed by atoms with Crippen molar-refractivity contribution in [2.75, 3.05) is 7.11 Å². The molecule has 70 valence electrons. The maximum atomic E-state index is 5.04. The number of oxime groups is 1. The van der Waals surface area contributed by atoms with Crippen molar-refractivity contribution in [1.82, 2.24) is 0 Å². The molecule has 3 nitrogen and oxygen atoms in total. The number of methoxy groups -OCH3 is 1. The number of hydrogen-bond acceptors (Lipinski definition) is 3. The number of nitrogens with zero attached hydrogens (tertiary/aromatic N) is 1. The fraction of sp³-hybridized carbons (Fsp3) is 0.300. The van der Waals surface area contributed by atoms with Crippen LogP contribution in [0.5, 0.6) is 0 Å². The maximum Gasteiger partial charge on any atom is 0.222 e. The van der Waals surface area contributed by atoms with Crippen LogP contribution in [0, 0.1) is 0 Å². The first-order valence-electron chi connectivity index (χ1n) is 4.07. The Morgan fingerprint density at radius 2 is 2.00 bits per heavy atom. The summed E-state index contributed by atoms with van der Waals surface area (Å²) in [5, 5.41) is 3.73. The van der Waals surface area contributed by atoms with E-state index >= 15 is 0 Å². The molecule has 0 aliphatic rings. The molecule has 0 saturated carbocycles. The molecule has 0 aromatic heterocycles. The highest BCUT2D eigenvalue weighted by Crippen LogP contribution is 2.00. The molecule has 0 aliphatic carbocycles. The Hall–Kier alpha value is -1.51. The molecule has 1 rings (SSSR count). The molecule has 0 fully saturated rings. The zero-order valence-electron chi connectivity index (χ0n) is 7.86. The van der Waals surface area contributed by atoms with Gasteiger partial charge in [-0.05, 0) is 5.56 Å². The third-order valence-electron chi connectivity index (χ3n) is 1.56. The van der Waals surface area contributed by atoms with E-state index in [1.165, 1.54) is 0 Å². The van der Waals surface area contributed by atoms with E-state index < -0.39 is 0 Å². The van der Waals surface area contributed by atoms with Gasteiger partial charge >= 0.3 is 0 Å². The quantitative estimate of drug-likeness (QED) is 0.404. The summed E-state index contributed by atoms with van der Waals surface area (Å²) in [5.41, 5.74) is 1.09. The minimum Gasteiger partial charge on any atom is -0.482 e. The van der Waals surface area contributed by atoms with Gasteiger partial charge in [-0.1, -0.05) is 35.5 Å². The van der Waals surface area contributed by atoms with Gasteiger partial charge in [0.15, 0.2) is 0 Å². The van der Waals surface area contributed by atoms with Crippen LogP contribution in [0.1, 0.15) is 12.5 Å². The van der Waals surface area contributed by atoms with E-state index in [9.17, 15) is 0 Å². The molecule has 0 bridgehead atoms. The fourth-order valence-electron chi connectivity index (χ4n) is 0.809. The van der Waals surface area contributed by atoms with Crippen molar-refractivity contribution in [1.29, 1.82) is 0 Å². The predicted molar refractivity (Wildman–Crippen MR) is 51.3 cm³/mol. The van der Waals surface area contributed by atoms with E-state index in [2.05, 4.69) is 5.16 Å². The van der Waals surface area contributed by atoms with Gasteiger partial charge in [-0.25, -0.2) is 0 Å². The molecule has 0 N–H and O–H groups in total. The Balaban J connectivity index is 2.36. The predicted octanol–water partition coefficient (Wildman–Crippen LogP) is 2.18. The van der Waals surface area contributed by atoms with E-state index in [4.69, 9.17) is 9.57 Å². The van der Waals surface area contributed by atoms with E-state index in [0.29, 0.717) is 12.5 Å². The molecular formula is C10H13NO2. The van der Waals surface area contributed by atoms with Crippen LogP contribution >= 0.6 is 0 Å². The van der Waals surface area contributed by atoms with Crippen LogP contribution in [0.3, 0.4) is 0 Å². The van der Waals surface area contributed by atoms with Crippen LogP contribution in [0.25, 0.3) is 0 Å². The Morgan fingerprint density at radius 1 is 1.31 bits per heavy atom. The van der Waals surface area contributed by atoms with E-state index in [1.54, 1.807) is 14.0 Å². The van der Waals surface area contributed by atoms with Crippen LogP contribution in [-0.2, 0) is 16.2 Å². The number of rotatable bonds is 3. The van der Waals surface area contributed by atoms with Crippen molar-refractivity contribution in [3.63, 3.8) is 0 Å². The van der Waals surface area contributed by atoms with Gasteiger partial charge in [0.25, 0.3) is 0 Å². The normalized spacial score (nSPS) is 11.1. The van der Waals surface area contributed by atoms with Gasteiger partial charge in [-0.2, -0.15) is 0 Å². The lowest BCUT2D eigenvalue weighted by molar-refractivity contribution is 0.122. The lowest BCUT2D eigenvalue weighted by Gasteiger charge is -2.00. The minimum absolute atomic E-state index is 0.474. The van der Waals surface area contributed by atoms with E-state index in [-0.39, 0.29) is 0 Å². The molecule has 0 unspecified atom stereocenters. The van der Waals surface area contributed by atoms with Crippen LogP contribution < -0.4 is 0 Å². The summed E-state index contributed by atoms with van der Waals surface area (Å²) in [5.74, 6) is 0.524. The molecule has 0 aliphatic heterocycles. The summed E-state index contributed by atoms with van der Waals surface area (Å²) in [6.45, 7) is 2.21. The summed E-state index contributed by atoms with van der Waals surface area (Å²) in [4.78, 5) is 5.04.